The standard InChI is InChI=1S/C23H28ClIN6O3/c1-32-14-15-33-17-7-5-16(6-8-17)29-9-11-30(12-10-29)23-26-19-20(24)27-22(25)28-21(19)31(23)18-4-2-3-13-34-18/h5-8,18H,2-4,9-15H2,1H3. The maximum atomic E-state index is 6.46. The highest BCUT2D eigenvalue weighted by molar-refractivity contribution is 14.1. The van der Waals surface area contributed by atoms with E-state index in [4.69, 9.17) is 30.8 Å². The molecule has 182 valence electrons. The summed E-state index contributed by atoms with van der Waals surface area (Å²) in [6.07, 6.45) is 3.06. The van der Waals surface area contributed by atoms with E-state index in [0.717, 1.165) is 69.4 Å². The molecule has 2 aromatic heterocycles. The lowest BCUT2D eigenvalue weighted by Crippen LogP contribution is -2.47. The summed E-state index contributed by atoms with van der Waals surface area (Å²) in [7, 11) is 1.67. The average Bonchev–Trinajstić information content (AvgIpc) is 3.25. The first kappa shape index (κ1) is 23.8. The molecule has 0 N–H and O–H groups in total. The van der Waals surface area contributed by atoms with Gasteiger partial charge in [0.05, 0.1) is 6.61 Å². The summed E-state index contributed by atoms with van der Waals surface area (Å²) < 4.78 is 19.6. The lowest BCUT2D eigenvalue weighted by atomic mass is 10.2. The smallest absolute Gasteiger partial charge is 0.210 e. The Morgan fingerprint density at radius 3 is 2.50 bits per heavy atom. The maximum absolute atomic E-state index is 6.46. The zero-order valence-electron chi connectivity index (χ0n) is 19.1. The molecule has 0 saturated carbocycles. The van der Waals surface area contributed by atoms with Crippen molar-refractivity contribution in [2.24, 2.45) is 0 Å². The van der Waals surface area contributed by atoms with Gasteiger partial charge in [-0.05, 0) is 43.5 Å². The van der Waals surface area contributed by atoms with E-state index < -0.39 is 0 Å². The van der Waals surface area contributed by atoms with Crippen LogP contribution in [0.2, 0.25) is 5.15 Å². The quantitative estimate of drug-likeness (QED) is 0.174. The molecule has 0 aliphatic carbocycles. The number of halogens is 2. The van der Waals surface area contributed by atoms with E-state index in [0.29, 0.717) is 27.7 Å². The Balaban J connectivity index is 1.34. The number of anilines is 2. The van der Waals surface area contributed by atoms with E-state index in [9.17, 15) is 0 Å². The van der Waals surface area contributed by atoms with Gasteiger partial charge in [0.2, 0.25) is 5.95 Å². The first-order chi connectivity index (χ1) is 16.6. The number of ether oxygens (including phenoxy) is 3. The fourth-order valence-electron chi connectivity index (χ4n) is 4.48. The molecule has 0 bridgehead atoms. The molecule has 5 rings (SSSR count). The molecular formula is C23H28ClIN6O3. The minimum atomic E-state index is -0.0841. The summed E-state index contributed by atoms with van der Waals surface area (Å²) in [6, 6.07) is 8.25. The molecule has 9 nitrogen and oxygen atoms in total. The van der Waals surface area contributed by atoms with Crippen molar-refractivity contribution in [1.82, 2.24) is 19.5 Å². The molecule has 4 heterocycles. The van der Waals surface area contributed by atoms with Gasteiger partial charge in [-0.2, -0.15) is 0 Å². The summed E-state index contributed by atoms with van der Waals surface area (Å²) in [5.74, 6) is 1.72. The molecule has 11 heteroatoms. The molecule has 1 unspecified atom stereocenters. The number of rotatable bonds is 7. The first-order valence-corrected chi connectivity index (χ1v) is 13.0. The Labute approximate surface area is 217 Å². The van der Waals surface area contributed by atoms with Gasteiger partial charge < -0.3 is 24.0 Å². The van der Waals surface area contributed by atoms with E-state index in [1.807, 2.05) is 12.1 Å². The predicted octanol–water partition coefficient (Wildman–Crippen LogP) is 4.14. The van der Waals surface area contributed by atoms with Crippen LogP contribution < -0.4 is 14.5 Å². The molecule has 3 aromatic rings. The summed E-state index contributed by atoms with van der Waals surface area (Å²) in [5, 5.41) is 0.386. The summed E-state index contributed by atoms with van der Waals surface area (Å²) in [5.41, 5.74) is 2.57. The molecule has 0 spiro atoms. The molecule has 2 saturated heterocycles. The molecule has 2 aliphatic heterocycles. The number of imidazole rings is 1. The third kappa shape index (κ3) is 5.05. The average molecular weight is 599 g/mol. The van der Waals surface area contributed by atoms with Gasteiger partial charge in [0.1, 0.15) is 24.1 Å². The Kier molecular flexibility index (Phi) is 7.57. The van der Waals surface area contributed by atoms with Crippen LogP contribution in [0.15, 0.2) is 24.3 Å². The van der Waals surface area contributed by atoms with Crippen molar-refractivity contribution >= 4 is 57.0 Å². The Morgan fingerprint density at radius 2 is 1.79 bits per heavy atom. The largest absolute Gasteiger partial charge is 0.491 e. The second-order valence-corrected chi connectivity index (χ2v) is 9.69. The zero-order valence-corrected chi connectivity index (χ0v) is 22.0. The van der Waals surface area contributed by atoms with Crippen LogP contribution in [0, 0.1) is 3.83 Å². The molecule has 1 atom stereocenters. The van der Waals surface area contributed by atoms with E-state index in [1.165, 1.54) is 5.69 Å². The molecule has 2 aliphatic rings. The number of piperazine rings is 1. The second kappa shape index (κ2) is 10.8. The SMILES string of the molecule is COCCOc1ccc(N2CCN(c3nc4c(Cl)nc(I)nc4n3C3CCCCO3)CC2)cc1. The van der Waals surface area contributed by atoms with Gasteiger partial charge in [-0.15, -0.1) is 0 Å². The molecule has 0 amide bonds. The third-order valence-corrected chi connectivity index (χ3v) is 6.96. The van der Waals surface area contributed by atoms with Gasteiger partial charge >= 0.3 is 0 Å². The molecule has 1 aromatic carbocycles. The highest BCUT2D eigenvalue weighted by Crippen LogP contribution is 2.34. The van der Waals surface area contributed by atoms with Gasteiger partial charge in [-0.3, -0.25) is 4.57 Å². The van der Waals surface area contributed by atoms with Crippen molar-refractivity contribution in [1.29, 1.82) is 0 Å². The van der Waals surface area contributed by atoms with Crippen LogP contribution >= 0.6 is 34.2 Å². The number of hydrogen-bond donors (Lipinski definition) is 0. The van der Waals surface area contributed by atoms with Gasteiger partial charge in [0.25, 0.3) is 0 Å². The van der Waals surface area contributed by atoms with Crippen molar-refractivity contribution in [2.45, 2.75) is 25.5 Å². The van der Waals surface area contributed by atoms with Crippen LogP contribution in [0.4, 0.5) is 11.6 Å². The third-order valence-electron chi connectivity index (χ3n) is 6.22. The fourth-order valence-corrected chi connectivity index (χ4v) is 5.30. The molecule has 2 fully saturated rings. The molecule has 0 radical (unpaired) electrons. The van der Waals surface area contributed by atoms with Crippen LogP contribution in [0.5, 0.6) is 5.75 Å². The predicted molar refractivity (Wildman–Crippen MR) is 140 cm³/mol. The molecule has 34 heavy (non-hydrogen) atoms. The number of benzene rings is 1. The lowest BCUT2D eigenvalue weighted by Gasteiger charge is -2.37. The highest BCUT2D eigenvalue weighted by atomic mass is 127. The normalized spacial score (nSPS) is 19.1. The Hall–Kier alpha value is -1.89. The number of fused-ring (bicyclic) bond motifs is 1. The number of methoxy groups -OCH3 is 1. The van der Waals surface area contributed by atoms with Gasteiger partial charge in [-0.25, -0.2) is 15.0 Å². The topological polar surface area (TPSA) is 77.8 Å². The maximum Gasteiger partial charge on any atom is 0.210 e. The van der Waals surface area contributed by atoms with Crippen LogP contribution in [0.25, 0.3) is 11.2 Å². The lowest BCUT2D eigenvalue weighted by molar-refractivity contribution is -0.0289. The van der Waals surface area contributed by atoms with Gasteiger partial charge in [0, 0.05) is 68.2 Å². The van der Waals surface area contributed by atoms with Crippen LogP contribution in [-0.4, -0.2) is 72.6 Å². The van der Waals surface area contributed by atoms with Crippen LogP contribution in [0.3, 0.4) is 0 Å². The fraction of sp³-hybridized carbons (Fsp3) is 0.522. The summed E-state index contributed by atoms with van der Waals surface area (Å²) >= 11 is 8.57. The van der Waals surface area contributed by atoms with Crippen LogP contribution in [-0.2, 0) is 9.47 Å². The number of hydrogen-bond acceptors (Lipinski definition) is 8. The van der Waals surface area contributed by atoms with Crippen molar-refractivity contribution in [2.75, 3.05) is 62.9 Å². The monoisotopic (exact) mass is 598 g/mol. The Bertz CT molecular complexity index is 1110. The molecular weight excluding hydrogens is 571 g/mol. The van der Waals surface area contributed by atoms with E-state index >= 15 is 0 Å². The van der Waals surface area contributed by atoms with E-state index in [2.05, 4.69) is 59.1 Å². The summed E-state index contributed by atoms with van der Waals surface area (Å²) in [4.78, 5) is 18.6. The van der Waals surface area contributed by atoms with Gasteiger partial charge in [-0.1, -0.05) is 11.6 Å². The second-order valence-electron chi connectivity index (χ2n) is 8.37. The van der Waals surface area contributed by atoms with Crippen molar-refractivity contribution in [3.05, 3.63) is 33.2 Å². The minimum absolute atomic E-state index is 0.0841. The first-order valence-electron chi connectivity index (χ1n) is 11.6. The van der Waals surface area contributed by atoms with Crippen molar-refractivity contribution in [3.63, 3.8) is 0 Å². The van der Waals surface area contributed by atoms with Gasteiger partial charge in [0.15, 0.2) is 14.6 Å². The minimum Gasteiger partial charge on any atom is -0.491 e. The van der Waals surface area contributed by atoms with Crippen molar-refractivity contribution < 1.29 is 14.2 Å². The van der Waals surface area contributed by atoms with Crippen molar-refractivity contribution in [3.8, 4) is 5.75 Å². The number of aromatic nitrogens is 4. The highest BCUT2D eigenvalue weighted by Gasteiger charge is 2.29. The van der Waals surface area contributed by atoms with E-state index in [-0.39, 0.29) is 6.23 Å². The number of nitrogens with zero attached hydrogens (tertiary/aromatic N) is 6. The zero-order chi connectivity index (χ0) is 23.5. The van der Waals surface area contributed by atoms with Crippen LogP contribution in [0.1, 0.15) is 25.5 Å². The summed E-state index contributed by atoms with van der Waals surface area (Å²) in [6.45, 7) is 5.32. The Morgan fingerprint density at radius 1 is 1.03 bits per heavy atom. The van der Waals surface area contributed by atoms with E-state index in [1.54, 1.807) is 7.11 Å².